The maximum atomic E-state index is 5.80. The molecule has 1 aromatic carbocycles. The first-order valence-electron chi connectivity index (χ1n) is 7.46. The van der Waals surface area contributed by atoms with Gasteiger partial charge in [-0.05, 0) is 25.5 Å². The monoisotopic (exact) mass is 324 g/mol. The first kappa shape index (κ1) is 16.6. The van der Waals surface area contributed by atoms with Gasteiger partial charge in [-0.25, -0.2) is 0 Å². The molecule has 3 nitrogen and oxygen atoms in total. The molecule has 2 atom stereocenters. The van der Waals surface area contributed by atoms with Crippen LogP contribution >= 0.6 is 24.0 Å². The molecule has 1 fully saturated rings. The largest absolute Gasteiger partial charge is 0.494 e. The molecule has 0 radical (unpaired) electrons. The normalized spacial score (nSPS) is 23.0. The van der Waals surface area contributed by atoms with E-state index in [1.54, 1.807) is 0 Å². The Morgan fingerprint density at radius 3 is 3.05 bits per heavy atom. The summed E-state index contributed by atoms with van der Waals surface area (Å²) in [6.07, 6.45) is 1.04. The smallest absolute Gasteiger partial charge is 0.119 e. The van der Waals surface area contributed by atoms with Crippen molar-refractivity contribution in [2.75, 3.05) is 25.4 Å². The van der Waals surface area contributed by atoms with E-state index in [0.29, 0.717) is 11.0 Å². The van der Waals surface area contributed by atoms with Gasteiger partial charge in [0.1, 0.15) is 10.7 Å². The highest BCUT2D eigenvalue weighted by Crippen LogP contribution is 2.24. The number of nitrogens with zero attached hydrogens (tertiary/aromatic N) is 1. The first-order chi connectivity index (χ1) is 10.1. The molecule has 2 unspecified atom stereocenters. The molecule has 1 aliphatic heterocycles. The lowest BCUT2D eigenvalue weighted by atomic mass is 10.2. The summed E-state index contributed by atoms with van der Waals surface area (Å²) in [7, 11) is 0. The highest BCUT2D eigenvalue weighted by Gasteiger charge is 2.24. The average Bonchev–Trinajstić information content (AvgIpc) is 2.48. The van der Waals surface area contributed by atoms with Crippen molar-refractivity contribution in [2.45, 2.75) is 31.6 Å². The Balaban J connectivity index is 1.74. The molecule has 0 amide bonds. The number of nitrogens with two attached hydrogens (primary N) is 1. The molecule has 1 aliphatic rings. The molecule has 2 rings (SSSR count). The van der Waals surface area contributed by atoms with Gasteiger partial charge >= 0.3 is 0 Å². The fraction of sp³-hybridized carbons (Fsp3) is 0.562. The van der Waals surface area contributed by atoms with Crippen LogP contribution in [0, 0.1) is 0 Å². The molecule has 1 aromatic rings. The van der Waals surface area contributed by atoms with Crippen LogP contribution in [0.2, 0.25) is 0 Å². The van der Waals surface area contributed by atoms with Gasteiger partial charge in [-0.1, -0.05) is 31.3 Å². The third kappa shape index (κ3) is 4.87. The van der Waals surface area contributed by atoms with Crippen molar-refractivity contribution < 1.29 is 4.74 Å². The Hall–Kier alpha value is -0.780. The molecule has 0 aliphatic carbocycles. The number of benzene rings is 1. The fourth-order valence-electron chi connectivity index (χ4n) is 2.51. The Labute approximate surface area is 137 Å². The molecule has 1 saturated heterocycles. The summed E-state index contributed by atoms with van der Waals surface area (Å²) in [5.74, 6) is 2.08. The van der Waals surface area contributed by atoms with E-state index < -0.39 is 0 Å². The van der Waals surface area contributed by atoms with Crippen molar-refractivity contribution >= 4 is 29.0 Å². The number of rotatable bonds is 6. The van der Waals surface area contributed by atoms with Gasteiger partial charge in [-0.2, -0.15) is 11.8 Å². The molecule has 5 heteroatoms. The van der Waals surface area contributed by atoms with Gasteiger partial charge in [-0.3, -0.25) is 4.90 Å². The lowest BCUT2D eigenvalue weighted by Crippen LogP contribution is -2.45. The summed E-state index contributed by atoms with van der Waals surface area (Å²) in [6.45, 7) is 7.66. The summed E-state index contributed by atoms with van der Waals surface area (Å²) in [5.41, 5.74) is 6.49. The Morgan fingerprint density at radius 2 is 2.29 bits per heavy atom. The van der Waals surface area contributed by atoms with Crippen LogP contribution in [0.25, 0.3) is 0 Å². The summed E-state index contributed by atoms with van der Waals surface area (Å²) < 4.78 is 5.80. The standard InChI is InChI=1S/C16H24N2OS2/c1-12-13(2)21-10-8-18(12)7-4-9-19-15-6-3-5-14(11-15)16(17)20/h3,5-6,11-13H,4,7-10H2,1-2H3,(H2,17,20). The summed E-state index contributed by atoms with van der Waals surface area (Å²) >= 11 is 7.05. The summed E-state index contributed by atoms with van der Waals surface area (Å²) in [4.78, 5) is 2.98. The maximum absolute atomic E-state index is 5.80. The molecular weight excluding hydrogens is 300 g/mol. The highest BCUT2D eigenvalue weighted by atomic mass is 32.2. The maximum Gasteiger partial charge on any atom is 0.119 e. The van der Waals surface area contributed by atoms with E-state index in [0.717, 1.165) is 36.1 Å². The Morgan fingerprint density at radius 1 is 1.48 bits per heavy atom. The van der Waals surface area contributed by atoms with Gasteiger partial charge in [0.15, 0.2) is 0 Å². The second-order valence-corrected chi connectivity index (χ2v) is 7.37. The van der Waals surface area contributed by atoms with Gasteiger partial charge in [0.05, 0.1) is 6.61 Å². The third-order valence-corrected chi connectivity index (χ3v) is 5.57. The highest BCUT2D eigenvalue weighted by molar-refractivity contribution is 8.00. The van der Waals surface area contributed by atoms with E-state index in [4.69, 9.17) is 22.7 Å². The number of hydrogen-bond acceptors (Lipinski definition) is 4. The lowest BCUT2D eigenvalue weighted by Gasteiger charge is -2.37. The second-order valence-electron chi connectivity index (χ2n) is 5.45. The lowest BCUT2D eigenvalue weighted by molar-refractivity contribution is 0.191. The molecular formula is C16H24N2OS2. The Bertz CT molecular complexity index is 481. The van der Waals surface area contributed by atoms with Gasteiger partial charge in [0.2, 0.25) is 0 Å². The van der Waals surface area contributed by atoms with Crippen LogP contribution in [0.5, 0.6) is 5.75 Å². The van der Waals surface area contributed by atoms with Gasteiger partial charge in [0, 0.05) is 35.7 Å². The van der Waals surface area contributed by atoms with Crippen LogP contribution in [0.15, 0.2) is 24.3 Å². The van der Waals surface area contributed by atoms with Crippen molar-refractivity contribution in [3.63, 3.8) is 0 Å². The van der Waals surface area contributed by atoms with Crippen molar-refractivity contribution in [1.82, 2.24) is 4.90 Å². The quantitative estimate of drug-likeness (QED) is 0.643. The molecule has 21 heavy (non-hydrogen) atoms. The number of ether oxygens (including phenoxy) is 1. The molecule has 0 aromatic heterocycles. The van der Waals surface area contributed by atoms with Crippen molar-refractivity contribution in [2.24, 2.45) is 5.73 Å². The molecule has 0 bridgehead atoms. The zero-order valence-corrected chi connectivity index (χ0v) is 14.4. The molecule has 2 N–H and O–H groups in total. The minimum atomic E-state index is 0.411. The summed E-state index contributed by atoms with van der Waals surface area (Å²) in [5, 5.41) is 0.724. The van der Waals surface area contributed by atoms with Crippen molar-refractivity contribution in [3.05, 3.63) is 29.8 Å². The zero-order chi connectivity index (χ0) is 15.2. The minimum absolute atomic E-state index is 0.411. The predicted octanol–water partition coefficient (Wildman–Crippen LogP) is 2.92. The topological polar surface area (TPSA) is 38.5 Å². The van der Waals surface area contributed by atoms with Crippen LogP contribution in [0.1, 0.15) is 25.8 Å². The molecule has 116 valence electrons. The van der Waals surface area contributed by atoms with E-state index >= 15 is 0 Å². The van der Waals surface area contributed by atoms with Crippen LogP contribution in [0.4, 0.5) is 0 Å². The Kier molecular flexibility index (Phi) is 6.33. The van der Waals surface area contributed by atoms with Gasteiger partial charge in [0.25, 0.3) is 0 Å². The average molecular weight is 325 g/mol. The summed E-state index contributed by atoms with van der Waals surface area (Å²) in [6, 6.07) is 8.34. The van der Waals surface area contributed by atoms with Gasteiger partial charge in [-0.15, -0.1) is 0 Å². The third-order valence-electron chi connectivity index (χ3n) is 3.99. The van der Waals surface area contributed by atoms with Crippen LogP contribution in [-0.4, -0.2) is 46.6 Å². The molecule has 0 spiro atoms. The van der Waals surface area contributed by atoms with E-state index in [2.05, 4.69) is 30.5 Å². The minimum Gasteiger partial charge on any atom is -0.494 e. The second kappa shape index (κ2) is 8.01. The SMILES string of the molecule is CC1SCCN(CCCOc2cccc(C(N)=S)c2)C1C. The van der Waals surface area contributed by atoms with E-state index in [1.165, 1.54) is 12.3 Å². The zero-order valence-electron chi connectivity index (χ0n) is 12.7. The van der Waals surface area contributed by atoms with E-state index in [1.807, 2.05) is 24.3 Å². The number of thioether (sulfide) groups is 1. The van der Waals surface area contributed by atoms with Crippen LogP contribution < -0.4 is 10.5 Å². The predicted molar refractivity (Wildman–Crippen MR) is 95.4 cm³/mol. The van der Waals surface area contributed by atoms with Gasteiger partial charge < -0.3 is 10.5 Å². The molecule has 0 saturated carbocycles. The van der Waals surface area contributed by atoms with E-state index in [9.17, 15) is 0 Å². The molecule has 1 heterocycles. The van der Waals surface area contributed by atoms with E-state index in [-0.39, 0.29) is 0 Å². The van der Waals surface area contributed by atoms with Crippen molar-refractivity contribution in [1.29, 1.82) is 0 Å². The fourth-order valence-corrected chi connectivity index (χ4v) is 3.80. The first-order valence-corrected chi connectivity index (χ1v) is 8.92. The number of hydrogen-bond donors (Lipinski definition) is 1. The van der Waals surface area contributed by atoms with Crippen molar-refractivity contribution in [3.8, 4) is 5.75 Å². The van der Waals surface area contributed by atoms with Crippen LogP contribution in [0.3, 0.4) is 0 Å². The number of thiocarbonyl (C=S) groups is 1. The van der Waals surface area contributed by atoms with Crippen LogP contribution in [-0.2, 0) is 0 Å².